The van der Waals surface area contributed by atoms with Crippen LogP contribution in [0.2, 0.25) is 0 Å². The van der Waals surface area contributed by atoms with Crippen LogP contribution in [0.5, 0.6) is 0 Å². The van der Waals surface area contributed by atoms with Gasteiger partial charge in [-0.15, -0.1) is 0 Å². The molecule has 0 radical (unpaired) electrons. The number of amides is 1. The van der Waals surface area contributed by atoms with Crippen molar-refractivity contribution in [3.63, 3.8) is 0 Å². The standard InChI is InChI=1S/C19H21N5O/c25-18(12-14-13-22-16-5-2-1-4-15(14)16)23-17-6-3-7-21-19(17)24-10-8-20-9-11-24/h1-7,13,20,22H,8-12H2,(H,23,25). The van der Waals surface area contributed by atoms with Crippen LogP contribution in [0, 0.1) is 0 Å². The summed E-state index contributed by atoms with van der Waals surface area (Å²) in [4.78, 5) is 22.5. The summed E-state index contributed by atoms with van der Waals surface area (Å²) in [5, 5.41) is 7.45. The summed E-state index contributed by atoms with van der Waals surface area (Å²) >= 11 is 0. The second-order valence-corrected chi connectivity index (χ2v) is 6.20. The molecule has 1 saturated heterocycles. The molecular formula is C19H21N5O. The van der Waals surface area contributed by atoms with Crippen LogP contribution in [-0.2, 0) is 11.2 Å². The summed E-state index contributed by atoms with van der Waals surface area (Å²) in [5.74, 6) is 0.811. The number of fused-ring (bicyclic) bond motifs is 1. The van der Waals surface area contributed by atoms with Gasteiger partial charge >= 0.3 is 0 Å². The molecule has 0 unspecified atom stereocenters. The molecule has 3 heterocycles. The largest absolute Gasteiger partial charge is 0.361 e. The molecule has 0 bridgehead atoms. The predicted octanol–water partition coefficient (Wildman–Crippen LogP) is 2.15. The third-order valence-corrected chi connectivity index (χ3v) is 4.50. The Bertz CT molecular complexity index is 882. The van der Waals surface area contributed by atoms with Gasteiger partial charge in [0.15, 0.2) is 5.82 Å². The van der Waals surface area contributed by atoms with E-state index in [1.165, 1.54) is 0 Å². The monoisotopic (exact) mass is 335 g/mol. The van der Waals surface area contributed by atoms with Crippen molar-refractivity contribution in [2.24, 2.45) is 0 Å². The van der Waals surface area contributed by atoms with Gasteiger partial charge < -0.3 is 20.5 Å². The number of nitrogens with one attached hydrogen (secondary N) is 3. The number of piperazine rings is 1. The zero-order valence-corrected chi connectivity index (χ0v) is 14.0. The maximum atomic E-state index is 12.6. The molecule has 3 aromatic rings. The van der Waals surface area contributed by atoms with Crippen molar-refractivity contribution >= 4 is 28.3 Å². The number of para-hydroxylation sites is 1. The molecule has 0 spiro atoms. The summed E-state index contributed by atoms with van der Waals surface area (Å²) in [6, 6.07) is 11.8. The molecule has 25 heavy (non-hydrogen) atoms. The first-order chi connectivity index (χ1) is 12.3. The number of carbonyl (C=O) groups excluding carboxylic acids is 1. The lowest BCUT2D eigenvalue weighted by molar-refractivity contribution is -0.115. The molecule has 3 N–H and O–H groups in total. The molecule has 1 aromatic carbocycles. The molecule has 6 heteroatoms. The normalized spacial score (nSPS) is 14.6. The summed E-state index contributed by atoms with van der Waals surface area (Å²) in [7, 11) is 0. The Balaban J connectivity index is 1.51. The Hall–Kier alpha value is -2.86. The molecule has 0 atom stereocenters. The van der Waals surface area contributed by atoms with Crippen LogP contribution in [0.1, 0.15) is 5.56 Å². The molecule has 4 rings (SSSR count). The lowest BCUT2D eigenvalue weighted by Crippen LogP contribution is -2.44. The van der Waals surface area contributed by atoms with Crippen molar-refractivity contribution in [1.82, 2.24) is 15.3 Å². The van der Waals surface area contributed by atoms with Crippen LogP contribution >= 0.6 is 0 Å². The van der Waals surface area contributed by atoms with Crippen molar-refractivity contribution < 1.29 is 4.79 Å². The Labute approximate surface area is 146 Å². The van der Waals surface area contributed by atoms with E-state index in [4.69, 9.17) is 0 Å². The Morgan fingerprint density at radius 1 is 1.16 bits per heavy atom. The number of hydrogen-bond acceptors (Lipinski definition) is 4. The minimum Gasteiger partial charge on any atom is -0.361 e. The zero-order valence-electron chi connectivity index (χ0n) is 14.0. The Morgan fingerprint density at radius 2 is 2.00 bits per heavy atom. The van der Waals surface area contributed by atoms with Crippen LogP contribution < -0.4 is 15.5 Å². The number of carbonyl (C=O) groups is 1. The minimum absolute atomic E-state index is 0.0332. The third kappa shape index (κ3) is 3.34. The van der Waals surface area contributed by atoms with E-state index in [1.807, 2.05) is 42.6 Å². The summed E-state index contributed by atoms with van der Waals surface area (Å²) in [6.07, 6.45) is 4.01. The van der Waals surface area contributed by atoms with E-state index in [1.54, 1.807) is 6.20 Å². The summed E-state index contributed by atoms with van der Waals surface area (Å²) in [6.45, 7) is 3.64. The molecule has 2 aromatic heterocycles. The number of hydrogen-bond donors (Lipinski definition) is 3. The number of nitrogens with zero attached hydrogens (tertiary/aromatic N) is 2. The van der Waals surface area contributed by atoms with E-state index < -0.39 is 0 Å². The van der Waals surface area contributed by atoms with Crippen LogP contribution in [0.15, 0.2) is 48.8 Å². The van der Waals surface area contributed by atoms with Crippen LogP contribution in [0.4, 0.5) is 11.5 Å². The second-order valence-electron chi connectivity index (χ2n) is 6.20. The molecule has 128 valence electrons. The van der Waals surface area contributed by atoms with Gasteiger partial charge in [0.2, 0.25) is 5.91 Å². The minimum atomic E-state index is -0.0332. The van der Waals surface area contributed by atoms with Gasteiger partial charge in [-0.1, -0.05) is 18.2 Å². The van der Waals surface area contributed by atoms with Crippen LogP contribution in [0.3, 0.4) is 0 Å². The number of benzene rings is 1. The van der Waals surface area contributed by atoms with Gasteiger partial charge in [-0.2, -0.15) is 0 Å². The fraction of sp³-hybridized carbons (Fsp3) is 0.263. The lowest BCUT2D eigenvalue weighted by Gasteiger charge is -2.29. The molecular weight excluding hydrogens is 314 g/mol. The van der Waals surface area contributed by atoms with Crippen LogP contribution in [0.25, 0.3) is 10.9 Å². The van der Waals surface area contributed by atoms with Crippen molar-refractivity contribution in [3.05, 3.63) is 54.4 Å². The Kier molecular flexibility index (Phi) is 4.35. The first-order valence-corrected chi connectivity index (χ1v) is 8.57. The fourth-order valence-electron chi connectivity index (χ4n) is 3.27. The summed E-state index contributed by atoms with van der Waals surface area (Å²) < 4.78 is 0. The number of rotatable bonds is 4. The average molecular weight is 335 g/mol. The van der Waals surface area contributed by atoms with E-state index in [-0.39, 0.29) is 5.91 Å². The lowest BCUT2D eigenvalue weighted by atomic mass is 10.1. The van der Waals surface area contributed by atoms with E-state index in [0.29, 0.717) is 6.42 Å². The average Bonchev–Trinajstić information content (AvgIpc) is 3.06. The molecule has 0 saturated carbocycles. The zero-order chi connectivity index (χ0) is 17.1. The van der Waals surface area contributed by atoms with Crippen LogP contribution in [-0.4, -0.2) is 42.1 Å². The molecule has 1 fully saturated rings. The molecule has 1 aliphatic heterocycles. The molecule has 0 aliphatic carbocycles. The number of pyridine rings is 1. The van der Waals surface area contributed by atoms with E-state index in [9.17, 15) is 4.79 Å². The van der Waals surface area contributed by atoms with Gasteiger partial charge in [0.05, 0.1) is 12.1 Å². The third-order valence-electron chi connectivity index (χ3n) is 4.50. The first kappa shape index (κ1) is 15.7. The maximum Gasteiger partial charge on any atom is 0.228 e. The van der Waals surface area contributed by atoms with Gasteiger partial charge in [0, 0.05) is 49.5 Å². The highest BCUT2D eigenvalue weighted by molar-refractivity contribution is 5.97. The number of aromatic nitrogens is 2. The van der Waals surface area contributed by atoms with E-state index in [0.717, 1.165) is 54.2 Å². The second kappa shape index (κ2) is 6.94. The smallest absolute Gasteiger partial charge is 0.228 e. The van der Waals surface area contributed by atoms with Crippen molar-refractivity contribution in [1.29, 1.82) is 0 Å². The van der Waals surface area contributed by atoms with E-state index in [2.05, 4.69) is 25.5 Å². The highest BCUT2D eigenvalue weighted by Crippen LogP contribution is 2.24. The van der Waals surface area contributed by atoms with Gasteiger partial charge in [0.1, 0.15) is 0 Å². The molecule has 1 amide bonds. The predicted molar refractivity (Wildman–Crippen MR) is 100.0 cm³/mol. The Morgan fingerprint density at radius 3 is 2.88 bits per heavy atom. The van der Waals surface area contributed by atoms with Crippen molar-refractivity contribution in [2.75, 3.05) is 36.4 Å². The topological polar surface area (TPSA) is 73.0 Å². The van der Waals surface area contributed by atoms with Gasteiger partial charge in [-0.05, 0) is 23.8 Å². The number of anilines is 2. The molecule has 6 nitrogen and oxygen atoms in total. The van der Waals surface area contributed by atoms with Gasteiger partial charge in [-0.25, -0.2) is 4.98 Å². The quantitative estimate of drug-likeness (QED) is 0.683. The van der Waals surface area contributed by atoms with E-state index >= 15 is 0 Å². The number of aromatic amines is 1. The van der Waals surface area contributed by atoms with Crippen molar-refractivity contribution in [3.8, 4) is 0 Å². The molecule has 1 aliphatic rings. The maximum absolute atomic E-state index is 12.6. The highest BCUT2D eigenvalue weighted by Gasteiger charge is 2.17. The van der Waals surface area contributed by atoms with Gasteiger partial charge in [-0.3, -0.25) is 4.79 Å². The highest BCUT2D eigenvalue weighted by atomic mass is 16.1. The fourth-order valence-corrected chi connectivity index (χ4v) is 3.27. The SMILES string of the molecule is O=C(Cc1c[nH]c2ccccc12)Nc1cccnc1N1CCNCC1. The van der Waals surface area contributed by atoms with Gasteiger partial charge in [0.25, 0.3) is 0 Å². The summed E-state index contributed by atoms with van der Waals surface area (Å²) in [5.41, 5.74) is 2.82. The van der Waals surface area contributed by atoms with Crippen molar-refractivity contribution in [2.45, 2.75) is 6.42 Å². The number of H-pyrrole nitrogens is 1. The first-order valence-electron chi connectivity index (χ1n) is 8.57.